The molecule has 6 heteroatoms. The molecule has 0 radical (unpaired) electrons. The van der Waals surface area contributed by atoms with Crippen LogP contribution in [0.25, 0.3) is 10.8 Å². The first kappa shape index (κ1) is 20.2. The van der Waals surface area contributed by atoms with E-state index in [1.165, 1.54) is 0 Å². The number of nitrogens with zero attached hydrogens (tertiary/aromatic N) is 2. The minimum absolute atomic E-state index is 0.135. The number of rotatable bonds is 4. The fourth-order valence-electron chi connectivity index (χ4n) is 3.88. The fraction of sp³-hybridized carbons (Fsp3) is 0.261. The van der Waals surface area contributed by atoms with E-state index in [1.54, 1.807) is 0 Å². The van der Waals surface area contributed by atoms with Gasteiger partial charge < -0.3 is 15.1 Å². The van der Waals surface area contributed by atoms with Crippen molar-refractivity contribution in [1.29, 1.82) is 0 Å². The predicted molar refractivity (Wildman–Crippen MR) is 125 cm³/mol. The van der Waals surface area contributed by atoms with E-state index in [1.807, 2.05) is 54.6 Å². The fourth-order valence-corrected chi connectivity index (χ4v) is 4.68. The van der Waals surface area contributed by atoms with Crippen molar-refractivity contribution in [2.45, 2.75) is 6.92 Å². The first-order chi connectivity index (χ1) is 14.1. The first-order valence-electron chi connectivity index (χ1n) is 9.83. The molecule has 1 aliphatic heterocycles. The van der Waals surface area contributed by atoms with Gasteiger partial charge in [-0.15, -0.1) is 0 Å². The molecule has 1 aliphatic rings. The Labute approximate surface area is 184 Å². The van der Waals surface area contributed by atoms with Crippen LogP contribution >= 0.6 is 27.5 Å². The van der Waals surface area contributed by atoms with Crippen molar-refractivity contribution in [3.63, 3.8) is 0 Å². The molecular weight excluding hydrogens is 450 g/mol. The molecule has 0 aliphatic carbocycles. The average molecular weight is 473 g/mol. The van der Waals surface area contributed by atoms with Crippen LogP contribution in [0.2, 0.25) is 5.02 Å². The number of amides is 1. The lowest BCUT2D eigenvalue weighted by atomic mass is 10.0. The van der Waals surface area contributed by atoms with Gasteiger partial charge in [-0.05, 0) is 41.6 Å². The van der Waals surface area contributed by atoms with E-state index in [-0.39, 0.29) is 5.91 Å². The molecule has 0 unspecified atom stereocenters. The van der Waals surface area contributed by atoms with E-state index in [2.05, 4.69) is 38.0 Å². The van der Waals surface area contributed by atoms with Crippen LogP contribution in [0.4, 0.5) is 11.4 Å². The third kappa shape index (κ3) is 4.13. The van der Waals surface area contributed by atoms with E-state index < -0.39 is 0 Å². The molecule has 1 saturated heterocycles. The molecule has 1 amide bonds. The standard InChI is InChI=1S/C23H23BrClN3O/c1-2-27-12-14-28(15-13-27)22-20(25)10-5-11-21(22)26-23(29)18-8-3-7-17-16(18)6-4-9-19(17)24/h3-11H,2,12-15H2,1H3,(H,26,29). The number of nitrogens with one attached hydrogen (secondary N) is 1. The highest BCUT2D eigenvalue weighted by Gasteiger charge is 2.22. The van der Waals surface area contributed by atoms with E-state index in [0.717, 1.165) is 59.3 Å². The number of anilines is 2. The number of fused-ring (bicyclic) bond motifs is 1. The van der Waals surface area contributed by atoms with Gasteiger partial charge in [-0.2, -0.15) is 0 Å². The second-order valence-corrected chi connectivity index (χ2v) is 8.41. The Morgan fingerprint density at radius 1 is 1.00 bits per heavy atom. The summed E-state index contributed by atoms with van der Waals surface area (Å²) in [5, 5.41) is 5.70. The van der Waals surface area contributed by atoms with Crippen molar-refractivity contribution in [3.05, 3.63) is 69.7 Å². The molecular formula is C23H23BrClN3O. The lowest BCUT2D eigenvalue weighted by Gasteiger charge is -2.36. The predicted octanol–water partition coefficient (Wildman–Crippen LogP) is 5.65. The third-order valence-corrected chi connectivity index (χ3v) is 6.48. The zero-order chi connectivity index (χ0) is 20.4. The van der Waals surface area contributed by atoms with Gasteiger partial charge in [-0.25, -0.2) is 0 Å². The minimum Gasteiger partial charge on any atom is -0.366 e. The Morgan fingerprint density at radius 2 is 1.69 bits per heavy atom. The van der Waals surface area contributed by atoms with Gasteiger partial charge in [0.1, 0.15) is 0 Å². The lowest BCUT2D eigenvalue weighted by molar-refractivity contribution is 0.102. The van der Waals surface area contributed by atoms with Crippen LogP contribution in [-0.2, 0) is 0 Å². The van der Waals surface area contributed by atoms with Gasteiger partial charge in [-0.1, -0.05) is 64.8 Å². The van der Waals surface area contributed by atoms with Crippen molar-refractivity contribution >= 4 is 55.6 Å². The summed E-state index contributed by atoms with van der Waals surface area (Å²) >= 11 is 10.1. The molecule has 0 spiro atoms. The van der Waals surface area contributed by atoms with Gasteiger partial charge in [-0.3, -0.25) is 4.79 Å². The average Bonchev–Trinajstić information content (AvgIpc) is 2.74. The van der Waals surface area contributed by atoms with Gasteiger partial charge in [0.05, 0.1) is 16.4 Å². The molecule has 150 valence electrons. The molecule has 29 heavy (non-hydrogen) atoms. The van der Waals surface area contributed by atoms with E-state index >= 15 is 0 Å². The van der Waals surface area contributed by atoms with Gasteiger partial charge in [0.2, 0.25) is 0 Å². The van der Waals surface area contributed by atoms with Gasteiger partial charge >= 0.3 is 0 Å². The Kier molecular flexibility index (Phi) is 6.09. The molecule has 0 aromatic heterocycles. The quantitative estimate of drug-likeness (QED) is 0.533. The highest BCUT2D eigenvalue weighted by Crippen LogP contribution is 2.35. The summed E-state index contributed by atoms with van der Waals surface area (Å²) in [6.45, 7) is 7.00. The maximum absolute atomic E-state index is 13.2. The van der Waals surface area contributed by atoms with Crippen molar-refractivity contribution in [1.82, 2.24) is 4.90 Å². The van der Waals surface area contributed by atoms with Crippen LogP contribution < -0.4 is 10.2 Å². The number of carbonyl (C=O) groups excluding carboxylic acids is 1. The molecule has 0 bridgehead atoms. The van der Waals surface area contributed by atoms with Crippen LogP contribution in [0.15, 0.2) is 59.1 Å². The van der Waals surface area contributed by atoms with Crippen LogP contribution in [-0.4, -0.2) is 43.5 Å². The van der Waals surface area contributed by atoms with E-state index in [9.17, 15) is 4.79 Å². The smallest absolute Gasteiger partial charge is 0.256 e. The minimum atomic E-state index is -0.135. The summed E-state index contributed by atoms with van der Waals surface area (Å²) in [6, 6.07) is 17.4. The zero-order valence-electron chi connectivity index (χ0n) is 16.3. The van der Waals surface area contributed by atoms with E-state index in [0.29, 0.717) is 10.6 Å². The van der Waals surface area contributed by atoms with Crippen molar-refractivity contribution < 1.29 is 4.79 Å². The van der Waals surface area contributed by atoms with Crippen LogP contribution in [0.3, 0.4) is 0 Å². The van der Waals surface area contributed by atoms with Crippen LogP contribution in [0, 0.1) is 0 Å². The normalized spacial score (nSPS) is 14.9. The highest BCUT2D eigenvalue weighted by atomic mass is 79.9. The number of likely N-dealkylation sites (N-methyl/N-ethyl adjacent to an activating group) is 1. The number of benzene rings is 3. The summed E-state index contributed by atoms with van der Waals surface area (Å²) in [6.07, 6.45) is 0. The lowest BCUT2D eigenvalue weighted by Crippen LogP contribution is -2.46. The maximum atomic E-state index is 13.2. The summed E-state index contributed by atoms with van der Waals surface area (Å²) in [7, 11) is 0. The molecule has 1 fully saturated rings. The van der Waals surface area contributed by atoms with Crippen molar-refractivity contribution in [3.8, 4) is 0 Å². The number of carbonyl (C=O) groups is 1. The number of hydrogen-bond acceptors (Lipinski definition) is 3. The van der Waals surface area contributed by atoms with Gasteiger partial charge in [0.15, 0.2) is 0 Å². The van der Waals surface area contributed by atoms with Crippen LogP contribution in [0.5, 0.6) is 0 Å². The SMILES string of the molecule is CCN1CCN(c2c(Cl)cccc2NC(=O)c2cccc3c(Br)cccc23)CC1. The zero-order valence-corrected chi connectivity index (χ0v) is 18.6. The molecule has 0 atom stereocenters. The van der Waals surface area contributed by atoms with Crippen molar-refractivity contribution in [2.75, 3.05) is 42.9 Å². The summed E-state index contributed by atoms with van der Waals surface area (Å²) in [5.41, 5.74) is 2.30. The summed E-state index contributed by atoms with van der Waals surface area (Å²) in [4.78, 5) is 17.9. The highest BCUT2D eigenvalue weighted by molar-refractivity contribution is 9.10. The number of hydrogen-bond donors (Lipinski definition) is 1. The second-order valence-electron chi connectivity index (χ2n) is 7.15. The molecule has 4 nitrogen and oxygen atoms in total. The first-order valence-corrected chi connectivity index (χ1v) is 11.0. The summed E-state index contributed by atoms with van der Waals surface area (Å²) < 4.78 is 0.974. The largest absolute Gasteiger partial charge is 0.366 e. The molecule has 1 N–H and O–H groups in total. The third-order valence-electron chi connectivity index (χ3n) is 5.48. The van der Waals surface area contributed by atoms with Gasteiger partial charge in [0, 0.05) is 36.2 Å². The van der Waals surface area contributed by atoms with E-state index in [4.69, 9.17) is 11.6 Å². The summed E-state index contributed by atoms with van der Waals surface area (Å²) in [5.74, 6) is -0.135. The molecule has 3 aromatic rings. The number of halogens is 2. The maximum Gasteiger partial charge on any atom is 0.256 e. The monoisotopic (exact) mass is 471 g/mol. The van der Waals surface area contributed by atoms with Crippen molar-refractivity contribution in [2.24, 2.45) is 0 Å². The van der Waals surface area contributed by atoms with Crippen LogP contribution in [0.1, 0.15) is 17.3 Å². The number of piperazine rings is 1. The Balaban J connectivity index is 1.65. The molecule has 0 saturated carbocycles. The Morgan fingerprint density at radius 3 is 2.45 bits per heavy atom. The second kappa shape index (κ2) is 8.74. The molecule has 4 rings (SSSR count). The number of para-hydroxylation sites is 1. The molecule has 1 heterocycles. The Bertz CT molecular complexity index is 1050. The van der Waals surface area contributed by atoms with Gasteiger partial charge in [0.25, 0.3) is 5.91 Å². The Hall–Kier alpha value is -2.08. The molecule has 3 aromatic carbocycles. The topological polar surface area (TPSA) is 35.6 Å².